The van der Waals surface area contributed by atoms with Crippen LogP contribution in [0.1, 0.15) is 62.2 Å². The molecule has 2 aliphatic rings. The van der Waals surface area contributed by atoms with Crippen LogP contribution < -0.4 is 4.74 Å². The van der Waals surface area contributed by atoms with Crippen molar-refractivity contribution < 1.29 is 14.9 Å². The van der Waals surface area contributed by atoms with Crippen molar-refractivity contribution in [1.82, 2.24) is 0 Å². The Labute approximate surface area is 149 Å². The zero-order valence-electron chi connectivity index (χ0n) is 14.7. The molecule has 0 saturated heterocycles. The van der Waals surface area contributed by atoms with Crippen molar-refractivity contribution in [3.05, 3.63) is 53.6 Å². The number of phenols is 2. The molecule has 2 aromatic carbocycles. The third-order valence-electron chi connectivity index (χ3n) is 5.93. The number of unbranched alkanes of at least 4 members (excludes halogenated alkanes) is 1. The van der Waals surface area contributed by atoms with Crippen molar-refractivity contribution in [2.24, 2.45) is 11.8 Å². The normalized spacial score (nSPS) is 27.4. The fourth-order valence-electron chi connectivity index (χ4n) is 4.74. The van der Waals surface area contributed by atoms with Crippen molar-refractivity contribution in [3.8, 4) is 17.2 Å². The lowest BCUT2D eigenvalue weighted by Crippen LogP contribution is -2.26. The first kappa shape index (κ1) is 16.3. The molecule has 2 aromatic rings. The highest BCUT2D eigenvalue weighted by molar-refractivity contribution is 5.46. The van der Waals surface area contributed by atoms with Crippen LogP contribution in [-0.4, -0.2) is 10.2 Å². The molecule has 1 aliphatic heterocycles. The summed E-state index contributed by atoms with van der Waals surface area (Å²) in [4.78, 5) is 0. The highest BCUT2D eigenvalue weighted by Crippen LogP contribution is 2.56. The monoisotopic (exact) mass is 338 g/mol. The second kappa shape index (κ2) is 6.62. The summed E-state index contributed by atoms with van der Waals surface area (Å²) in [5, 5.41) is 19.5. The van der Waals surface area contributed by atoms with Crippen molar-refractivity contribution >= 4 is 0 Å². The first-order valence-corrected chi connectivity index (χ1v) is 9.44. The van der Waals surface area contributed by atoms with Crippen LogP contribution in [0.2, 0.25) is 0 Å². The van der Waals surface area contributed by atoms with Crippen LogP contribution in [0.15, 0.2) is 42.5 Å². The maximum atomic E-state index is 9.95. The minimum atomic E-state index is 0.0225. The molecule has 0 spiro atoms. The van der Waals surface area contributed by atoms with Gasteiger partial charge in [-0.05, 0) is 60.6 Å². The van der Waals surface area contributed by atoms with Gasteiger partial charge in [-0.15, -0.1) is 0 Å². The topological polar surface area (TPSA) is 49.7 Å². The summed E-state index contributed by atoms with van der Waals surface area (Å²) in [6.07, 6.45) is 6.17. The SMILES string of the molecule is CCCCC1CC2c3cc(O)ccc3OC(c3ccc(O)cc3)C2C1. The molecule has 4 atom stereocenters. The summed E-state index contributed by atoms with van der Waals surface area (Å²) in [5.41, 5.74) is 2.29. The number of hydrogen-bond donors (Lipinski definition) is 2. The fourth-order valence-corrected chi connectivity index (χ4v) is 4.74. The number of fused-ring (bicyclic) bond motifs is 3. The van der Waals surface area contributed by atoms with Crippen molar-refractivity contribution in [2.45, 2.75) is 51.0 Å². The summed E-state index contributed by atoms with van der Waals surface area (Å²) in [6, 6.07) is 12.9. The molecule has 2 N–H and O–H groups in total. The van der Waals surface area contributed by atoms with E-state index in [9.17, 15) is 10.2 Å². The van der Waals surface area contributed by atoms with E-state index in [1.165, 1.54) is 37.7 Å². The van der Waals surface area contributed by atoms with Gasteiger partial charge in [0.1, 0.15) is 23.4 Å². The zero-order chi connectivity index (χ0) is 17.4. The zero-order valence-corrected chi connectivity index (χ0v) is 14.7. The number of phenolic OH excluding ortho intramolecular Hbond substituents is 2. The fraction of sp³-hybridized carbons (Fsp3) is 0.455. The van der Waals surface area contributed by atoms with E-state index in [2.05, 4.69) is 6.92 Å². The van der Waals surface area contributed by atoms with Gasteiger partial charge in [-0.25, -0.2) is 0 Å². The predicted molar refractivity (Wildman–Crippen MR) is 98.1 cm³/mol. The Balaban J connectivity index is 1.69. The van der Waals surface area contributed by atoms with Gasteiger partial charge in [-0.2, -0.15) is 0 Å². The van der Waals surface area contributed by atoms with E-state index in [0.29, 0.717) is 17.6 Å². The van der Waals surface area contributed by atoms with Gasteiger partial charge in [0.15, 0.2) is 0 Å². The van der Waals surface area contributed by atoms with Gasteiger partial charge in [0.2, 0.25) is 0 Å². The molecule has 1 saturated carbocycles. The van der Waals surface area contributed by atoms with Crippen LogP contribution in [0, 0.1) is 11.8 Å². The lowest BCUT2D eigenvalue weighted by Gasteiger charge is -2.36. The van der Waals surface area contributed by atoms with E-state index in [4.69, 9.17) is 4.74 Å². The van der Waals surface area contributed by atoms with Crippen molar-refractivity contribution in [3.63, 3.8) is 0 Å². The largest absolute Gasteiger partial charge is 0.508 e. The second-order valence-electron chi connectivity index (χ2n) is 7.60. The number of rotatable bonds is 4. The van der Waals surface area contributed by atoms with E-state index in [1.54, 1.807) is 18.2 Å². The molecule has 3 nitrogen and oxygen atoms in total. The standard InChI is InChI=1S/C22H26O3/c1-2-3-4-14-11-18-19-13-17(24)9-10-21(19)25-22(20(18)12-14)15-5-7-16(23)8-6-15/h5-10,13-14,18,20,22-24H,2-4,11-12H2,1H3. The molecule has 0 amide bonds. The Hall–Kier alpha value is -2.16. The van der Waals surface area contributed by atoms with Gasteiger partial charge < -0.3 is 14.9 Å². The Morgan fingerprint density at radius 1 is 1.00 bits per heavy atom. The third-order valence-corrected chi connectivity index (χ3v) is 5.93. The van der Waals surface area contributed by atoms with Crippen LogP contribution in [-0.2, 0) is 0 Å². The first-order valence-electron chi connectivity index (χ1n) is 9.44. The number of aromatic hydroxyl groups is 2. The van der Waals surface area contributed by atoms with Crippen LogP contribution in [0.5, 0.6) is 17.2 Å². The van der Waals surface area contributed by atoms with Gasteiger partial charge in [0, 0.05) is 11.5 Å². The molecule has 132 valence electrons. The maximum absolute atomic E-state index is 9.95. The predicted octanol–water partition coefficient (Wildman–Crippen LogP) is 5.53. The molecule has 0 radical (unpaired) electrons. The van der Waals surface area contributed by atoms with E-state index < -0.39 is 0 Å². The number of hydrogen-bond acceptors (Lipinski definition) is 3. The Bertz CT molecular complexity index is 737. The second-order valence-corrected chi connectivity index (χ2v) is 7.60. The Kier molecular flexibility index (Phi) is 4.32. The Morgan fingerprint density at radius 2 is 1.76 bits per heavy atom. The highest BCUT2D eigenvalue weighted by Gasteiger charge is 2.45. The van der Waals surface area contributed by atoms with Gasteiger partial charge in [-0.1, -0.05) is 38.3 Å². The maximum Gasteiger partial charge on any atom is 0.127 e. The number of benzene rings is 2. The van der Waals surface area contributed by atoms with Crippen LogP contribution in [0.3, 0.4) is 0 Å². The summed E-state index contributed by atoms with van der Waals surface area (Å²) < 4.78 is 6.39. The van der Waals surface area contributed by atoms with Crippen LogP contribution in [0.4, 0.5) is 0 Å². The van der Waals surface area contributed by atoms with Crippen molar-refractivity contribution in [2.75, 3.05) is 0 Å². The van der Waals surface area contributed by atoms with Crippen LogP contribution >= 0.6 is 0 Å². The summed E-state index contributed by atoms with van der Waals surface area (Å²) >= 11 is 0. The average Bonchev–Trinajstić information content (AvgIpc) is 3.04. The first-order chi connectivity index (χ1) is 12.2. The lowest BCUT2D eigenvalue weighted by atomic mass is 9.80. The molecule has 0 bridgehead atoms. The molecule has 0 aromatic heterocycles. The van der Waals surface area contributed by atoms with Gasteiger partial charge in [0.05, 0.1) is 0 Å². The van der Waals surface area contributed by atoms with E-state index in [1.807, 2.05) is 24.3 Å². The average molecular weight is 338 g/mol. The molecular formula is C22H26O3. The molecule has 3 heteroatoms. The van der Waals surface area contributed by atoms with Crippen molar-refractivity contribution in [1.29, 1.82) is 0 Å². The highest BCUT2D eigenvalue weighted by atomic mass is 16.5. The minimum absolute atomic E-state index is 0.0225. The van der Waals surface area contributed by atoms with Gasteiger partial charge in [0.25, 0.3) is 0 Å². The molecular weight excluding hydrogens is 312 g/mol. The smallest absolute Gasteiger partial charge is 0.127 e. The molecule has 4 unspecified atom stereocenters. The Morgan fingerprint density at radius 3 is 2.52 bits per heavy atom. The molecule has 1 fully saturated rings. The third kappa shape index (κ3) is 3.08. The molecule has 1 aliphatic carbocycles. The summed E-state index contributed by atoms with van der Waals surface area (Å²) in [7, 11) is 0. The van der Waals surface area contributed by atoms with Gasteiger partial charge in [-0.3, -0.25) is 0 Å². The quantitative estimate of drug-likeness (QED) is 0.770. The van der Waals surface area contributed by atoms with E-state index >= 15 is 0 Å². The van der Waals surface area contributed by atoms with E-state index in [-0.39, 0.29) is 11.9 Å². The number of ether oxygens (including phenoxy) is 1. The molecule has 4 rings (SSSR count). The van der Waals surface area contributed by atoms with Gasteiger partial charge >= 0.3 is 0 Å². The summed E-state index contributed by atoms with van der Waals surface area (Å²) in [5.74, 6) is 3.10. The summed E-state index contributed by atoms with van der Waals surface area (Å²) in [6.45, 7) is 2.25. The van der Waals surface area contributed by atoms with Crippen LogP contribution in [0.25, 0.3) is 0 Å². The minimum Gasteiger partial charge on any atom is -0.508 e. The molecule has 1 heterocycles. The molecule has 25 heavy (non-hydrogen) atoms. The lowest BCUT2D eigenvalue weighted by molar-refractivity contribution is 0.102. The van der Waals surface area contributed by atoms with E-state index in [0.717, 1.165) is 17.2 Å².